The summed E-state index contributed by atoms with van der Waals surface area (Å²) in [4.78, 5) is 2.12. The maximum atomic E-state index is 9.54. The van der Waals surface area contributed by atoms with Crippen molar-refractivity contribution in [3.8, 4) is 6.07 Å². The van der Waals surface area contributed by atoms with E-state index in [9.17, 15) is 5.26 Å². The Morgan fingerprint density at radius 3 is 2.60 bits per heavy atom. The Morgan fingerprint density at radius 1 is 1.30 bits per heavy atom. The fourth-order valence-corrected chi connectivity index (χ4v) is 2.70. The van der Waals surface area contributed by atoms with Crippen molar-refractivity contribution >= 4 is 5.82 Å². The van der Waals surface area contributed by atoms with Gasteiger partial charge in [-0.05, 0) is 32.3 Å². The van der Waals surface area contributed by atoms with E-state index in [-0.39, 0.29) is 5.60 Å². The van der Waals surface area contributed by atoms with Crippen LogP contribution in [-0.4, -0.2) is 35.5 Å². The molecule has 0 unspecified atom stereocenters. The molecular formula is C15H22N4O. The molecule has 1 aliphatic rings. The first kappa shape index (κ1) is 14.7. The lowest BCUT2D eigenvalue weighted by molar-refractivity contribution is -0.0279. The quantitative estimate of drug-likeness (QED) is 0.844. The van der Waals surface area contributed by atoms with Crippen LogP contribution >= 0.6 is 0 Å². The maximum absolute atomic E-state index is 9.54. The lowest BCUT2D eigenvalue weighted by Crippen LogP contribution is -2.49. The van der Waals surface area contributed by atoms with Gasteiger partial charge in [-0.1, -0.05) is 13.8 Å². The smallest absolute Gasteiger partial charge is 0.169 e. The first-order valence-electron chi connectivity index (χ1n) is 7.19. The number of nitrogens with zero attached hydrogens (tertiary/aromatic N) is 4. The Kier molecular flexibility index (Phi) is 4.24. The van der Waals surface area contributed by atoms with Gasteiger partial charge in [-0.2, -0.15) is 10.4 Å². The molecule has 2 rings (SSSR count). The minimum absolute atomic E-state index is 0.220. The summed E-state index contributed by atoms with van der Waals surface area (Å²) in [6.45, 7) is 10.3. The van der Waals surface area contributed by atoms with E-state index >= 15 is 0 Å². The van der Waals surface area contributed by atoms with Gasteiger partial charge in [0, 0.05) is 13.1 Å². The van der Waals surface area contributed by atoms with Crippen molar-refractivity contribution in [2.45, 2.75) is 46.1 Å². The highest BCUT2D eigenvalue weighted by molar-refractivity contribution is 5.58. The maximum Gasteiger partial charge on any atom is 0.169 e. The highest BCUT2D eigenvalue weighted by Crippen LogP contribution is 2.27. The Labute approximate surface area is 120 Å². The molecule has 0 saturated carbocycles. The van der Waals surface area contributed by atoms with Crippen molar-refractivity contribution in [1.82, 2.24) is 10.2 Å². The third kappa shape index (κ3) is 2.75. The van der Waals surface area contributed by atoms with Crippen LogP contribution in [0.1, 0.15) is 44.5 Å². The van der Waals surface area contributed by atoms with Gasteiger partial charge < -0.3 is 9.64 Å². The monoisotopic (exact) mass is 274 g/mol. The molecule has 0 bridgehead atoms. The fourth-order valence-electron chi connectivity index (χ4n) is 2.70. The second-order valence-electron chi connectivity index (χ2n) is 5.67. The molecular weight excluding hydrogens is 252 g/mol. The molecule has 0 radical (unpaired) electrons. The van der Waals surface area contributed by atoms with Crippen molar-refractivity contribution in [2.24, 2.45) is 0 Å². The third-order valence-electron chi connectivity index (χ3n) is 3.66. The summed E-state index contributed by atoms with van der Waals surface area (Å²) < 4.78 is 5.72. The predicted molar refractivity (Wildman–Crippen MR) is 77.7 cm³/mol. The summed E-state index contributed by atoms with van der Waals surface area (Å²) >= 11 is 0. The van der Waals surface area contributed by atoms with Gasteiger partial charge in [0.15, 0.2) is 5.82 Å². The fraction of sp³-hybridized carbons (Fsp3) is 0.667. The summed E-state index contributed by atoms with van der Waals surface area (Å²) in [7, 11) is 0. The van der Waals surface area contributed by atoms with Gasteiger partial charge in [-0.3, -0.25) is 0 Å². The summed E-state index contributed by atoms with van der Waals surface area (Å²) in [5.41, 5.74) is 2.42. The molecule has 0 amide bonds. The van der Waals surface area contributed by atoms with E-state index in [1.807, 2.05) is 6.92 Å². The minimum Gasteiger partial charge on any atom is -0.372 e. The lowest BCUT2D eigenvalue weighted by Gasteiger charge is -2.39. The van der Waals surface area contributed by atoms with Crippen LogP contribution < -0.4 is 4.90 Å². The predicted octanol–water partition coefficient (Wildman–Crippen LogP) is 2.09. The van der Waals surface area contributed by atoms with Crippen LogP contribution in [0, 0.1) is 11.3 Å². The Bertz CT molecular complexity index is 533. The van der Waals surface area contributed by atoms with Crippen LogP contribution in [0.15, 0.2) is 0 Å². The number of rotatable bonds is 3. The molecule has 1 aromatic heterocycles. The van der Waals surface area contributed by atoms with Crippen LogP contribution in [0.5, 0.6) is 0 Å². The number of morpholine rings is 1. The second kappa shape index (κ2) is 5.76. The Hall–Kier alpha value is -1.67. The van der Waals surface area contributed by atoms with Crippen LogP contribution in [0.3, 0.4) is 0 Å². The first-order chi connectivity index (χ1) is 9.52. The van der Waals surface area contributed by atoms with Crippen LogP contribution in [0.4, 0.5) is 5.82 Å². The van der Waals surface area contributed by atoms with Crippen LogP contribution in [0.25, 0.3) is 0 Å². The molecule has 0 N–H and O–H groups in total. The average molecular weight is 274 g/mol. The summed E-state index contributed by atoms with van der Waals surface area (Å²) in [5, 5.41) is 18.2. The zero-order valence-electron chi connectivity index (χ0n) is 12.7. The first-order valence-corrected chi connectivity index (χ1v) is 7.19. The Balaban J connectivity index is 2.44. The molecule has 20 heavy (non-hydrogen) atoms. The second-order valence-corrected chi connectivity index (χ2v) is 5.67. The molecule has 1 aromatic rings. The zero-order chi connectivity index (χ0) is 14.8. The van der Waals surface area contributed by atoms with Crippen molar-refractivity contribution in [3.63, 3.8) is 0 Å². The van der Waals surface area contributed by atoms with Crippen LogP contribution in [0.2, 0.25) is 0 Å². The molecule has 5 heteroatoms. The van der Waals surface area contributed by atoms with E-state index in [1.54, 1.807) is 0 Å². The van der Waals surface area contributed by atoms with E-state index in [0.29, 0.717) is 18.0 Å². The van der Waals surface area contributed by atoms with E-state index in [0.717, 1.165) is 37.2 Å². The number of aromatic nitrogens is 2. The minimum atomic E-state index is -0.220. The third-order valence-corrected chi connectivity index (χ3v) is 3.66. The molecule has 1 fully saturated rings. The topological polar surface area (TPSA) is 62.0 Å². The highest BCUT2D eigenvalue weighted by atomic mass is 16.5. The summed E-state index contributed by atoms with van der Waals surface area (Å²) in [6.07, 6.45) is 1.61. The Morgan fingerprint density at radius 2 is 2.05 bits per heavy atom. The molecule has 1 saturated heterocycles. The van der Waals surface area contributed by atoms with Gasteiger partial charge in [-0.15, -0.1) is 5.10 Å². The van der Waals surface area contributed by atoms with Crippen molar-refractivity contribution in [2.75, 3.05) is 24.6 Å². The van der Waals surface area contributed by atoms with Crippen molar-refractivity contribution in [1.29, 1.82) is 5.26 Å². The van der Waals surface area contributed by atoms with Gasteiger partial charge in [0.25, 0.3) is 0 Å². The van der Waals surface area contributed by atoms with Crippen molar-refractivity contribution < 1.29 is 4.74 Å². The largest absolute Gasteiger partial charge is 0.372 e. The zero-order valence-corrected chi connectivity index (χ0v) is 12.7. The highest BCUT2D eigenvalue weighted by Gasteiger charge is 2.30. The van der Waals surface area contributed by atoms with Crippen LogP contribution in [-0.2, 0) is 17.6 Å². The molecule has 2 heterocycles. The molecule has 108 valence electrons. The molecule has 1 aliphatic heterocycles. The number of anilines is 1. The van der Waals surface area contributed by atoms with Gasteiger partial charge >= 0.3 is 0 Å². The van der Waals surface area contributed by atoms with E-state index in [2.05, 4.69) is 41.9 Å². The number of aryl methyl sites for hydroxylation is 1. The molecule has 0 aliphatic carbocycles. The molecule has 0 spiro atoms. The van der Waals surface area contributed by atoms with Gasteiger partial charge in [0.05, 0.1) is 17.9 Å². The normalized spacial score (nSPS) is 17.9. The van der Waals surface area contributed by atoms with E-state index in [1.165, 1.54) is 0 Å². The molecule has 0 aromatic carbocycles. The average Bonchev–Trinajstić information content (AvgIpc) is 2.44. The van der Waals surface area contributed by atoms with E-state index < -0.39 is 0 Å². The summed E-state index contributed by atoms with van der Waals surface area (Å²) in [6, 6.07) is 2.33. The molecule has 0 atom stereocenters. The molecule has 5 nitrogen and oxygen atoms in total. The number of ether oxygens (including phenoxy) is 1. The standard InChI is InChI=1S/C15H22N4O/c1-5-11-12(9-16)14(18-17-13(11)6-2)19-7-8-20-15(3,4)10-19/h5-8,10H2,1-4H3. The number of hydrogen-bond donors (Lipinski definition) is 0. The summed E-state index contributed by atoms with van der Waals surface area (Å²) in [5.74, 6) is 0.706. The van der Waals surface area contributed by atoms with Crippen molar-refractivity contribution in [3.05, 3.63) is 16.8 Å². The lowest BCUT2D eigenvalue weighted by atomic mass is 10.0. The van der Waals surface area contributed by atoms with Gasteiger partial charge in [0.2, 0.25) is 0 Å². The number of hydrogen-bond acceptors (Lipinski definition) is 5. The SMILES string of the molecule is CCc1nnc(N2CCOC(C)(C)C2)c(C#N)c1CC. The van der Waals surface area contributed by atoms with E-state index in [4.69, 9.17) is 4.74 Å². The van der Waals surface area contributed by atoms with Gasteiger partial charge in [-0.25, -0.2) is 0 Å². The number of nitriles is 1. The van der Waals surface area contributed by atoms with Gasteiger partial charge in [0.1, 0.15) is 11.6 Å².